The second-order valence-corrected chi connectivity index (χ2v) is 39.8. The standard InChI is InChI=1S/C66H70O16S11/c1-11-63(5,6)55-35-31-51(39-59(55)90(71,72)73)88(67,68)53-33-37-57(61(41-53)92(77,78)79)84-47-19-15-43(16-20-47)44-17-21-50(22-18-44)87-66(10,14-4)65(9,13-3)56-36-32-52(40-60(56)91(74,75)76)89(69,70)54-34-38-58(62(42-54)93(80,81)82)85-48-25-23-45(24-26-48)83-46-27-29-49(30-28-46)86-64(7,8)12-2/h15-42H,11-14H2,1-10H3,(H,71,72,73)(H,74,75,76)(H,77,78,79)(H,80,81,82). The van der Waals surface area contributed by atoms with Gasteiger partial charge >= 0.3 is 0 Å². The van der Waals surface area contributed by atoms with Crippen molar-refractivity contribution in [3.8, 4) is 11.1 Å². The molecule has 0 aliphatic heterocycles. The molecule has 0 saturated carbocycles. The van der Waals surface area contributed by atoms with Gasteiger partial charge in [0.25, 0.3) is 40.5 Å². The van der Waals surface area contributed by atoms with E-state index in [4.69, 9.17) is 0 Å². The van der Waals surface area contributed by atoms with Crippen LogP contribution in [0.1, 0.15) is 106 Å². The lowest BCUT2D eigenvalue weighted by atomic mass is 9.69. The summed E-state index contributed by atoms with van der Waals surface area (Å²) < 4.78 is 201. The second-order valence-electron chi connectivity index (χ2n) is 23.6. The van der Waals surface area contributed by atoms with Gasteiger partial charge in [0.15, 0.2) is 0 Å². The van der Waals surface area contributed by atoms with Crippen molar-refractivity contribution >= 4 is 119 Å². The molecule has 4 N–H and O–H groups in total. The van der Waals surface area contributed by atoms with Gasteiger partial charge in [-0.05, 0) is 194 Å². The summed E-state index contributed by atoms with van der Waals surface area (Å²) in [7, 11) is -29.4. The van der Waals surface area contributed by atoms with E-state index in [1.165, 1.54) is 54.2 Å². The van der Waals surface area contributed by atoms with E-state index < -0.39 is 115 Å². The molecule has 0 aliphatic rings. The smallest absolute Gasteiger partial charge is 0.282 e. The Morgan fingerprint density at radius 2 is 0.634 bits per heavy atom. The first-order chi connectivity index (χ1) is 43.1. The van der Waals surface area contributed by atoms with Crippen LogP contribution in [0.25, 0.3) is 11.1 Å². The van der Waals surface area contributed by atoms with E-state index in [9.17, 15) is 68.7 Å². The molecule has 496 valence electrons. The summed E-state index contributed by atoms with van der Waals surface area (Å²) in [4.78, 5) is 0.136. The molecule has 0 aromatic heterocycles. The van der Waals surface area contributed by atoms with Crippen LogP contribution in [-0.2, 0) is 71.0 Å². The van der Waals surface area contributed by atoms with Crippen molar-refractivity contribution in [2.75, 3.05) is 0 Å². The first kappa shape index (κ1) is 73.9. The topological polar surface area (TPSA) is 286 Å². The molecule has 16 nitrogen and oxygen atoms in total. The summed E-state index contributed by atoms with van der Waals surface area (Å²) in [5.41, 5.74) is -0.00443. The van der Waals surface area contributed by atoms with Gasteiger partial charge in [0, 0.05) is 54.1 Å². The molecule has 0 bridgehead atoms. The van der Waals surface area contributed by atoms with Crippen LogP contribution in [0.4, 0.5) is 0 Å². The molecule has 8 aromatic carbocycles. The number of hydrogen-bond donors (Lipinski definition) is 4. The molecule has 0 radical (unpaired) electrons. The van der Waals surface area contributed by atoms with Crippen LogP contribution in [0.2, 0.25) is 0 Å². The normalized spacial score (nSPS) is 14.3. The molecule has 2 atom stereocenters. The Labute approximate surface area is 568 Å². The van der Waals surface area contributed by atoms with Gasteiger partial charge < -0.3 is 0 Å². The van der Waals surface area contributed by atoms with Crippen molar-refractivity contribution in [3.05, 3.63) is 181 Å². The van der Waals surface area contributed by atoms with E-state index >= 15 is 0 Å². The molecule has 0 spiro atoms. The number of hydrogen-bond acceptors (Lipinski definition) is 17. The van der Waals surface area contributed by atoms with Crippen molar-refractivity contribution in [2.45, 2.75) is 194 Å². The van der Waals surface area contributed by atoms with Gasteiger partial charge in [-0.2, -0.15) is 33.7 Å². The second kappa shape index (κ2) is 27.9. The largest absolute Gasteiger partial charge is 0.295 e. The summed E-state index contributed by atoms with van der Waals surface area (Å²) in [5.74, 6) is 0. The van der Waals surface area contributed by atoms with E-state index in [0.717, 1.165) is 91.0 Å². The average Bonchev–Trinajstić information content (AvgIpc) is 0.743. The fraction of sp³-hybridized carbons (Fsp3) is 0.273. The Morgan fingerprint density at radius 3 is 0.989 bits per heavy atom. The van der Waals surface area contributed by atoms with Crippen molar-refractivity contribution in [1.82, 2.24) is 0 Å². The van der Waals surface area contributed by atoms with Crippen LogP contribution in [0, 0.1) is 0 Å². The van der Waals surface area contributed by atoms with E-state index in [1.54, 1.807) is 68.9 Å². The zero-order valence-corrected chi connectivity index (χ0v) is 61.2. The minimum absolute atomic E-state index is 0.0167. The molecule has 8 aromatic rings. The average molecular weight is 1470 g/mol. The molecule has 0 amide bonds. The van der Waals surface area contributed by atoms with Crippen LogP contribution in [0.5, 0.6) is 0 Å². The van der Waals surface area contributed by atoms with Gasteiger partial charge in [-0.25, -0.2) is 16.8 Å². The molecular weight excluding hydrogens is 1400 g/mol. The number of sulfone groups is 2. The maximum Gasteiger partial charge on any atom is 0.295 e. The van der Waals surface area contributed by atoms with Crippen LogP contribution >= 0.6 is 58.8 Å². The van der Waals surface area contributed by atoms with Crippen LogP contribution in [0.15, 0.2) is 248 Å². The molecule has 8 rings (SSSR count). The van der Waals surface area contributed by atoms with Crippen LogP contribution in [-0.4, -0.2) is 78.2 Å². The van der Waals surface area contributed by atoms with Gasteiger partial charge in [-0.15, -0.1) is 23.5 Å². The fourth-order valence-electron chi connectivity index (χ4n) is 10.2. The van der Waals surface area contributed by atoms with Crippen molar-refractivity contribution in [1.29, 1.82) is 0 Å². The SMILES string of the molecule is CCC(C)(C)Sc1ccc(Sc2ccc(Sc3ccc(S(=O)(=O)c4ccc(C(C)(CC)C(C)(CC)Sc5ccc(-c6ccc(Sc7ccc(S(=O)(=O)c8ccc(C(C)(C)CC)c(S(=O)(=O)O)c8)cc7S(=O)(=O)O)cc6)cc5)c(S(=O)(=O)O)c4)cc3S(=O)(=O)O)cc2)cc1. The van der Waals surface area contributed by atoms with E-state index in [1.807, 2.05) is 75.9 Å². The molecule has 27 heteroatoms. The minimum Gasteiger partial charge on any atom is -0.282 e. The molecular formula is C66H70O16S11. The predicted molar refractivity (Wildman–Crippen MR) is 369 cm³/mol. The quantitative estimate of drug-likeness (QED) is 0.0289. The van der Waals surface area contributed by atoms with Crippen molar-refractivity contribution in [2.24, 2.45) is 0 Å². The summed E-state index contributed by atoms with van der Waals surface area (Å²) in [6, 6.07) is 43.0. The van der Waals surface area contributed by atoms with Crippen LogP contribution < -0.4 is 0 Å². The fourth-order valence-corrected chi connectivity index (χ4v) is 21.9. The number of benzene rings is 8. The third-order valence-electron chi connectivity index (χ3n) is 16.8. The lowest BCUT2D eigenvalue weighted by Crippen LogP contribution is -2.45. The van der Waals surface area contributed by atoms with Crippen LogP contribution in [0.3, 0.4) is 0 Å². The number of rotatable bonds is 26. The Hall–Kier alpha value is -4.95. The monoisotopic (exact) mass is 1470 g/mol. The maximum absolute atomic E-state index is 14.4. The summed E-state index contributed by atoms with van der Waals surface area (Å²) in [6.07, 6.45) is 2.23. The zero-order valence-electron chi connectivity index (χ0n) is 52.2. The zero-order chi connectivity index (χ0) is 68.7. The molecule has 93 heavy (non-hydrogen) atoms. The van der Waals surface area contributed by atoms with E-state index in [-0.39, 0.29) is 25.7 Å². The third kappa shape index (κ3) is 16.7. The Bertz CT molecular complexity index is 4850. The highest BCUT2D eigenvalue weighted by Crippen LogP contribution is 2.53. The third-order valence-corrected chi connectivity index (χ3v) is 30.4. The van der Waals surface area contributed by atoms with Gasteiger partial charge in [-0.1, -0.05) is 134 Å². The highest BCUT2D eigenvalue weighted by molar-refractivity contribution is 8.01. The highest BCUT2D eigenvalue weighted by atomic mass is 32.2. The molecule has 0 fully saturated rings. The minimum atomic E-state index is -5.13. The molecule has 0 aliphatic carbocycles. The van der Waals surface area contributed by atoms with E-state index in [2.05, 4.69) is 45.0 Å². The number of thioether (sulfide) groups is 2. The van der Waals surface area contributed by atoms with Crippen molar-refractivity contribution in [3.63, 3.8) is 0 Å². The van der Waals surface area contributed by atoms with E-state index in [0.29, 0.717) is 29.1 Å². The Balaban J connectivity index is 0.992. The Kier molecular flexibility index (Phi) is 22.1. The summed E-state index contributed by atoms with van der Waals surface area (Å²) in [6.45, 7) is 19.4. The molecule has 0 heterocycles. The first-order valence-electron chi connectivity index (χ1n) is 28.9. The maximum atomic E-state index is 14.4. The van der Waals surface area contributed by atoms with Gasteiger partial charge in [0.05, 0.1) is 29.4 Å². The lowest BCUT2D eigenvalue weighted by molar-refractivity contribution is 0.325. The van der Waals surface area contributed by atoms with Gasteiger partial charge in [0.2, 0.25) is 19.7 Å². The summed E-state index contributed by atoms with van der Waals surface area (Å²) >= 11 is 6.72. The predicted octanol–water partition coefficient (Wildman–Crippen LogP) is 17.1. The van der Waals surface area contributed by atoms with Gasteiger partial charge in [-0.3, -0.25) is 18.2 Å². The summed E-state index contributed by atoms with van der Waals surface area (Å²) in [5, 5.41) is 0. The lowest BCUT2D eigenvalue weighted by Gasteiger charge is -2.46. The van der Waals surface area contributed by atoms with Crippen molar-refractivity contribution < 1.29 is 68.7 Å². The molecule has 2 unspecified atom stereocenters. The first-order valence-corrected chi connectivity index (χ1v) is 41.7. The molecule has 0 saturated heterocycles. The highest BCUT2D eigenvalue weighted by Gasteiger charge is 2.47. The Morgan fingerprint density at radius 1 is 0.323 bits per heavy atom. The van der Waals surface area contributed by atoms with Gasteiger partial charge in [0.1, 0.15) is 9.79 Å².